The molecule has 0 aliphatic carbocycles. The van der Waals surface area contributed by atoms with E-state index in [4.69, 9.17) is 9.47 Å². The Hall–Kier alpha value is -1.84. The highest BCUT2D eigenvalue weighted by atomic mass is 16.6. The molecule has 0 aromatic heterocycles. The molecular formula is C12H14O4. The van der Waals surface area contributed by atoms with Gasteiger partial charge < -0.3 is 9.47 Å². The van der Waals surface area contributed by atoms with Crippen molar-refractivity contribution in [2.24, 2.45) is 0 Å². The van der Waals surface area contributed by atoms with Crippen LogP contribution in [0.1, 0.15) is 30.6 Å². The smallest absolute Gasteiger partial charge is 0.308 e. The summed E-state index contributed by atoms with van der Waals surface area (Å²) in [6.45, 7) is 3.10. The first-order valence-electron chi connectivity index (χ1n) is 4.98. The van der Waals surface area contributed by atoms with Crippen molar-refractivity contribution in [3.8, 4) is 11.5 Å². The number of rotatable bonds is 4. The van der Waals surface area contributed by atoms with Crippen molar-refractivity contribution in [3.63, 3.8) is 0 Å². The molecule has 0 saturated carbocycles. The number of hydrogen-bond acceptors (Lipinski definition) is 4. The summed E-state index contributed by atoms with van der Waals surface area (Å²) in [5.74, 6) is 0.303. The fourth-order valence-corrected chi connectivity index (χ4v) is 1.28. The lowest BCUT2D eigenvalue weighted by Crippen LogP contribution is -2.04. The molecule has 0 radical (unpaired) electrons. The van der Waals surface area contributed by atoms with E-state index in [0.29, 0.717) is 23.5 Å². The Morgan fingerprint density at radius 2 is 1.94 bits per heavy atom. The zero-order valence-corrected chi connectivity index (χ0v) is 9.57. The topological polar surface area (TPSA) is 52.6 Å². The van der Waals surface area contributed by atoms with Crippen molar-refractivity contribution in [3.05, 3.63) is 23.8 Å². The molecule has 1 rings (SSSR count). The van der Waals surface area contributed by atoms with Gasteiger partial charge in [-0.15, -0.1) is 0 Å². The first kappa shape index (κ1) is 12.2. The molecule has 0 fully saturated rings. The van der Waals surface area contributed by atoms with Gasteiger partial charge in [0.15, 0.2) is 17.3 Å². The Kier molecular flexibility index (Phi) is 4.05. The van der Waals surface area contributed by atoms with E-state index < -0.39 is 5.97 Å². The van der Waals surface area contributed by atoms with Crippen LogP contribution in [0.4, 0.5) is 0 Å². The highest BCUT2D eigenvalue weighted by molar-refractivity contribution is 5.96. The average Bonchev–Trinajstić information content (AvgIpc) is 2.27. The van der Waals surface area contributed by atoms with E-state index >= 15 is 0 Å². The van der Waals surface area contributed by atoms with Crippen molar-refractivity contribution in [1.29, 1.82) is 0 Å². The number of ketones is 1. The summed E-state index contributed by atoms with van der Waals surface area (Å²) in [6, 6.07) is 4.75. The van der Waals surface area contributed by atoms with E-state index in [1.165, 1.54) is 14.0 Å². The summed E-state index contributed by atoms with van der Waals surface area (Å²) >= 11 is 0. The van der Waals surface area contributed by atoms with Crippen molar-refractivity contribution < 1.29 is 19.1 Å². The minimum absolute atomic E-state index is 0.0210. The number of methoxy groups -OCH3 is 1. The van der Waals surface area contributed by atoms with Crippen LogP contribution in [-0.4, -0.2) is 18.9 Å². The fourth-order valence-electron chi connectivity index (χ4n) is 1.28. The number of ether oxygens (including phenoxy) is 2. The summed E-state index contributed by atoms with van der Waals surface area (Å²) in [7, 11) is 1.46. The number of esters is 1. The largest absolute Gasteiger partial charge is 0.493 e. The van der Waals surface area contributed by atoms with E-state index in [2.05, 4.69) is 0 Å². The van der Waals surface area contributed by atoms with Crippen LogP contribution >= 0.6 is 0 Å². The van der Waals surface area contributed by atoms with E-state index in [1.54, 1.807) is 25.1 Å². The third-order valence-corrected chi connectivity index (χ3v) is 2.06. The van der Waals surface area contributed by atoms with Gasteiger partial charge in [0.05, 0.1) is 7.11 Å². The Morgan fingerprint density at radius 3 is 2.44 bits per heavy atom. The lowest BCUT2D eigenvalue weighted by molar-refractivity contribution is -0.132. The molecule has 0 unspecified atom stereocenters. The minimum atomic E-state index is -0.423. The van der Waals surface area contributed by atoms with Crippen molar-refractivity contribution in [2.75, 3.05) is 7.11 Å². The first-order chi connectivity index (χ1) is 7.58. The molecule has 16 heavy (non-hydrogen) atoms. The minimum Gasteiger partial charge on any atom is -0.493 e. The molecule has 0 spiro atoms. The van der Waals surface area contributed by atoms with Gasteiger partial charge in [0.1, 0.15) is 0 Å². The molecule has 0 aliphatic rings. The molecule has 0 aliphatic heterocycles. The SMILES string of the molecule is CCC(=O)c1ccc(OC(C)=O)c(OC)c1. The predicted octanol–water partition coefficient (Wildman–Crippen LogP) is 2.21. The highest BCUT2D eigenvalue weighted by Gasteiger charge is 2.10. The van der Waals surface area contributed by atoms with Gasteiger partial charge in [-0.3, -0.25) is 9.59 Å². The van der Waals surface area contributed by atoms with Crippen molar-refractivity contribution in [2.45, 2.75) is 20.3 Å². The zero-order chi connectivity index (χ0) is 12.1. The van der Waals surface area contributed by atoms with Gasteiger partial charge in [-0.1, -0.05) is 6.92 Å². The van der Waals surface area contributed by atoms with Crippen LogP contribution in [0.5, 0.6) is 11.5 Å². The molecule has 0 amide bonds. The van der Waals surface area contributed by atoms with E-state index in [1.807, 2.05) is 0 Å². The average molecular weight is 222 g/mol. The quantitative estimate of drug-likeness (QED) is 0.445. The Labute approximate surface area is 94.2 Å². The van der Waals surface area contributed by atoms with Gasteiger partial charge in [-0.05, 0) is 18.2 Å². The van der Waals surface area contributed by atoms with Crippen LogP contribution in [0.3, 0.4) is 0 Å². The molecule has 0 heterocycles. The van der Waals surface area contributed by atoms with Crippen molar-refractivity contribution in [1.82, 2.24) is 0 Å². The second kappa shape index (κ2) is 5.30. The molecule has 4 heteroatoms. The second-order valence-electron chi connectivity index (χ2n) is 3.24. The number of carbonyl (C=O) groups is 2. The maximum atomic E-state index is 11.5. The molecular weight excluding hydrogens is 208 g/mol. The normalized spacial score (nSPS) is 9.69. The van der Waals surface area contributed by atoms with Crippen LogP contribution in [0.2, 0.25) is 0 Å². The third kappa shape index (κ3) is 2.82. The maximum absolute atomic E-state index is 11.5. The third-order valence-electron chi connectivity index (χ3n) is 2.06. The Morgan fingerprint density at radius 1 is 1.25 bits per heavy atom. The summed E-state index contributed by atoms with van der Waals surface area (Å²) in [6.07, 6.45) is 0.427. The first-order valence-corrected chi connectivity index (χ1v) is 4.98. The second-order valence-corrected chi connectivity index (χ2v) is 3.24. The van der Waals surface area contributed by atoms with Gasteiger partial charge in [0, 0.05) is 18.9 Å². The number of carbonyl (C=O) groups excluding carboxylic acids is 2. The van der Waals surface area contributed by atoms with Crippen LogP contribution in [0.15, 0.2) is 18.2 Å². The van der Waals surface area contributed by atoms with Crippen LogP contribution in [0.25, 0.3) is 0 Å². The molecule has 1 aromatic rings. The molecule has 1 aromatic carbocycles. The molecule has 0 saturated heterocycles. The lowest BCUT2D eigenvalue weighted by atomic mass is 10.1. The predicted molar refractivity (Wildman–Crippen MR) is 58.9 cm³/mol. The van der Waals surface area contributed by atoms with Crippen LogP contribution in [0, 0.1) is 0 Å². The van der Waals surface area contributed by atoms with E-state index in [0.717, 1.165) is 0 Å². The van der Waals surface area contributed by atoms with Crippen LogP contribution in [-0.2, 0) is 4.79 Å². The maximum Gasteiger partial charge on any atom is 0.308 e. The summed E-state index contributed by atoms with van der Waals surface area (Å²) in [5, 5.41) is 0. The standard InChI is InChI=1S/C12H14O4/c1-4-10(14)9-5-6-11(16-8(2)13)12(7-9)15-3/h5-7H,4H2,1-3H3. The lowest BCUT2D eigenvalue weighted by Gasteiger charge is -2.09. The van der Waals surface area contributed by atoms with Gasteiger partial charge in [0.25, 0.3) is 0 Å². The van der Waals surface area contributed by atoms with Gasteiger partial charge >= 0.3 is 5.97 Å². The molecule has 86 valence electrons. The molecule has 4 nitrogen and oxygen atoms in total. The highest BCUT2D eigenvalue weighted by Crippen LogP contribution is 2.28. The fraction of sp³-hybridized carbons (Fsp3) is 0.333. The van der Waals surface area contributed by atoms with E-state index in [9.17, 15) is 9.59 Å². The van der Waals surface area contributed by atoms with Crippen LogP contribution < -0.4 is 9.47 Å². The molecule has 0 atom stereocenters. The zero-order valence-electron chi connectivity index (χ0n) is 9.57. The summed E-state index contributed by atoms with van der Waals surface area (Å²) in [4.78, 5) is 22.3. The number of Topliss-reactive ketones (excluding diaryl/α,β-unsaturated/α-hetero) is 1. The van der Waals surface area contributed by atoms with E-state index in [-0.39, 0.29) is 5.78 Å². The Bertz CT molecular complexity index is 409. The van der Waals surface area contributed by atoms with Crippen molar-refractivity contribution >= 4 is 11.8 Å². The number of hydrogen-bond donors (Lipinski definition) is 0. The summed E-state index contributed by atoms with van der Waals surface area (Å²) < 4.78 is 9.98. The number of benzene rings is 1. The van der Waals surface area contributed by atoms with Gasteiger partial charge in [-0.2, -0.15) is 0 Å². The Balaban J connectivity index is 3.06. The molecule has 0 N–H and O–H groups in total. The summed E-state index contributed by atoms with van der Waals surface area (Å²) in [5.41, 5.74) is 0.551. The molecule has 0 bridgehead atoms. The van der Waals surface area contributed by atoms with Gasteiger partial charge in [0.2, 0.25) is 0 Å². The monoisotopic (exact) mass is 222 g/mol. The van der Waals surface area contributed by atoms with Gasteiger partial charge in [-0.25, -0.2) is 0 Å².